The molecule has 24 heavy (non-hydrogen) atoms. The number of halogens is 3. The van der Waals surface area contributed by atoms with E-state index in [9.17, 15) is 18.0 Å². The highest BCUT2D eigenvalue weighted by Crippen LogP contribution is 2.33. The topological polar surface area (TPSA) is 41.1 Å². The van der Waals surface area contributed by atoms with Crippen LogP contribution in [0, 0.1) is 0 Å². The van der Waals surface area contributed by atoms with Gasteiger partial charge in [0.25, 0.3) is 0 Å². The molecule has 2 rings (SSSR count). The summed E-state index contributed by atoms with van der Waals surface area (Å²) in [6, 6.07) is 5.06. The molecule has 1 amide bonds. The second kappa shape index (κ2) is 8.15. The van der Waals surface area contributed by atoms with Gasteiger partial charge in [-0.3, -0.25) is 4.79 Å². The van der Waals surface area contributed by atoms with Crippen molar-refractivity contribution in [3.8, 4) is 0 Å². The number of carbonyl (C=O) groups excluding carboxylic acids is 1. The highest BCUT2D eigenvalue weighted by molar-refractivity contribution is 5.97. The predicted molar refractivity (Wildman–Crippen MR) is 90.5 cm³/mol. The number of anilines is 1. The molecule has 0 atom stereocenters. The third-order valence-corrected chi connectivity index (χ3v) is 3.82. The minimum Gasteiger partial charge on any atom is -0.318 e. The standard InChI is InChI=1S/C18H21F3N2O/c1-22-11-5-6-13-9-10-16(23-17(24)18(19,20)21)15(12-13)14-7-3-2-4-8-14/h5-7,9-10,12,22H,2-4,8,11H2,1H3,(H,23,24). The van der Waals surface area contributed by atoms with E-state index in [1.807, 2.05) is 36.7 Å². The van der Waals surface area contributed by atoms with E-state index in [4.69, 9.17) is 0 Å². The van der Waals surface area contributed by atoms with Crippen molar-refractivity contribution in [2.45, 2.75) is 31.9 Å². The highest BCUT2D eigenvalue weighted by atomic mass is 19.4. The predicted octanol–water partition coefficient (Wildman–Crippen LogP) is 4.38. The Morgan fingerprint density at radius 3 is 2.71 bits per heavy atom. The molecule has 130 valence electrons. The molecule has 0 saturated heterocycles. The quantitative estimate of drug-likeness (QED) is 0.837. The summed E-state index contributed by atoms with van der Waals surface area (Å²) in [6.45, 7) is 0.699. The molecule has 1 aliphatic carbocycles. The summed E-state index contributed by atoms with van der Waals surface area (Å²) >= 11 is 0. The first-order valence-electron chi connectivity index (χ1n) is 7.94. The molecular formula is C18H21F3N2O. The largest absolute Gasteiger partial charge is 0.471 e. The second-order valence-electron chi connectivity index (χ2n) is 5.69. The van der Waals surface area contributed by atoms with Crippen LogP contribution >= 0.6 is 0 Å². The van der Waals surface area contributed by atoms with Crippen LogP contribution in [0.2, 0.25) is 0 Å². The maximum atomic E-state index is 12.5. The van der Waals surface area contributed by atoms with Crippen molar-refractivity contribution < 1.29 is 18.0 Å². The Balaban J connectivity index is 2.34. The molecule has 0 fully saturated rings. The van der Waals surface area contributed by atoms with Crippen LogP contribution in [0.15, 0.2) is 30.4 Å². The Kier molecular flexibility index (Phi) is 6.20. The minimum atomic E-state index is -4.90. The Hall–Kier alpha value is -2.08. The first-order chi connectivity index (χ1) is 11.4. The van der Waals surface area contributed by atoms with Gasteiger partial charge in [-0.15, -0.1) is 0 Å². The van der Waals surface area contributed by atoms with Crippen molar-refractivity contribution in [3.63, 3.8) is 0 Å². The average Bonchev–Trinajstić information content (AvgIpc) is 2.56. The summed E-state index contributed by atoms with van der Waals surface area (Å²) in [7, 11) is 1.83. The lowest BCUT2D eigenvalue weighted by molar-refractivity contribution is -0.167. The fourth-order valence-electron chi connectivity index (χ4n) is 2.63. The first-order valence-corrected chi connectivity index (χ1v) is 7.94. The normalized spacial score (nSPS) is 15.4. The molecule has 0 aliphatic heterocycles. The number of hydrogen-bond donors (Lipinski definition) is 2. The molecular weight excluding hydrogens is 317 g/mol. The van der Waals surface area contributed by atoms with Gasteiger partial charge in [-0.05, 0) is 56.0 Å². The SMILES string of the molecule is CNCC=Cc1ccc(NC(=O)C(F)(F)F)c(C2=CCCCC2)c1. The molecule has 0 bridgehead atoms. The van der Waals surface area contributed by atoms with Crippen molar-refractivity contribution in [2.24, 2.45) is 0 Å². The average molecular weight is 338 g/mol. The van der Waals surface area contributed by atoms with E-state index in [0.29, 0.717) is 12.1 Å². The molecule has 6 heteroatoms. The van der Waals surface area contributed by atoms with Crippen molar-refractivity contribution in [1.82, 2.24) is 5.32 Å². The summed E-state index contributed by atoms with van der Waals surface area (Å²) in [4.78, 5) is 11.3. The monoisotopic (exact) mass is 338 g/mol. The number of benzene rings is 1. The van der Waals surface area contributed by atoms with E-state index in [2.05, 4.69) is 5.32 Å². The number of amides is 1. The van der Waals surface area contributed by atoms with E-state index in [0.717, 1.165) is 36.8 Å². The van der Waals surface area contributed by atoms with Gasteiger partial charge < -0.3 is 10.6 Å². The zero-order valence-corrected chi connectivity index (χ0v) is 13.5. The third kappa shape index (κ3) is 4.96. The Morgan fingerprint density at radius 2 is 2.08 bits per heavy atom. The van der Waals surface area contributed by atoms with Crippen LogP contribution < -0.4 is 10.6 Å². The van der Waals surface area contributed by atoms with Gasteiger partial charge in [0.1, 0.15) is 0 Å². The van der Waals surface area contributed by atoms with Crippen LogP contribution in [-0.4, -0.2) is 25.7 Å². The fraction of sp³-hybridized carbons (Fsp3) is 0.389. The smallest absolute Gasteiger partial charge is 0.318 e. The molecule has 2 N–H and O–H groups in total. The second-order valence-corrected chi connectivity index (χ2v) is 5.69. The number of carbonyl (C=O) groups is 1. The first kappa shape index (κ1) is 18.3. The molecule has 0 aromatic heterocycles. The lowest BCUT2D eigenvalue weighted by atomic mass is 9.91. The molecule has 1 aliphatic rings. The highest BCUT2D eigenvalue weighted by Gasteiger charge is 2.39. The minimum absolute atomic E-state index is 0.205. The van der Waals surface area contributed by atoms with Gasteiger partial charge in [-0.25, -0.2) is 0 Å². The van der Waals surface area contributed by atoms with Crippen molar-refractivity contribution >= 4 is 23.2 Å². The van der Waals surface area contributed by atoms with Gasteiger partial charge in [0, 0.05) is 17.8 Å². The van der Waals surface area contributed by atoms with E-state index in [-0.39, 0.29) is 5.69 Å². The number of alkyl halides is 3. The maximum absolute atomic E-state index is 12.5. The number of rotatable bonds is 5. The lowest BCUT2D eigenvalue weighted by Crippen LogP contribution is -2.30. The molecule has 0 spiro atoms. The van der Waals surface area contributed by atoms with E-state index >= 15 is 0 Å². The number of allylic oxidation sites excluding steroid dienone is 2. The van der Waals surface area contributed by atoms with Crippen LogP contribution in [0.3, 0.4) is 0 Å². The van der Waals surface area contributed by atoms with E-state index < -0.39 is 12.1 Å². The zero-order valence-electron chi connectivity index (χ0n) is 13.5. The summed E-state index contributed by atoms with van der Waals surface area (Å²) in [5.74, 6) is -1.95. The van der Waals surface area contributed by atoms with Crippen molar-refractivity contribution in [3.05, 3.63) is 41.5 Å². The van der Waals surface area contributed by atoms with Crippen molar-refractivity contribution in [2.75, 3.05) is 18.9 Å². The summed E-state index contributed by atoms with van der Waals surface area (Å²) in [5, 5.41) is 4.99. The van der Waals surface area contributed by atoms with Crippen molar-refractivity contribution in [1.29, 1.82) is 0 Å². The Bertz CT molecular complexity index is 648. The van der Waals surface area contributed by atoms with Gasteiger partial charge in [0.2, 0.25) is 0 Å². The van der Waals surface area contributed by atoms with Gasteiger partial charge in [-0.2, -0.15) is 13.2 Å². The number of likely N-dealkylation sites (N-methyl/N-ethyl adjacent to an activating group) is 1. The van der Waals surface area contributed by atoms with Gasteiger partial charge in [0.05, 0.1) is 0 Å². The zero-order chi connectivity index (χ0) is 17.6. The van der Waals surface area contributed by atoms with Gasteiger partial charge in [-0.1, -0.05) is 24.3 Å². The summed E-state index contributed by atoms with van der Waals surface area (Å²) in [6.07, 6.45) is 4.77. The lowest BCUT2D eigenvalue weighted by Gasteiger charge is -2.18. The third-order valence-electron chi connectivity index (χ3n) is 3.82. The Morgan fingerprint density at radius 1 is 1.29 bits per heavy atom. The number of nitrogens with one attached hydrogen (secondary N) is 2. The van der Waals surface area contributed by atoms with Crippen LogP contribution in [-0.2, 0) is 4.79 Å². The number of hydrogen-bond acceptors (Lipinski definition) is 2. The maximum Gasteiger partial charge on any atom is 0.471 e. The van der Waals surface area contributed by atoms with Crippen LogP contribution in [0.5, 0.6) is 0 Å². The van der Waals surface area contributed by atoms with Gasteiger partial charge >= 0.3 is 12.1 Å². The molecule has 0 radical (unpaired) electrons. The Labute approximate surface area is 139 Å². The molecule has 0 heterocycles. The van der Waals surface area contributed by atoms with Crippen LogP contribution in [0.25, 0.3) is 11.6 Å². The molecule has 1 aromatic carbocycles. The van der Waals surface area contributed by atoms with E-state index in [1.165, 1.54) is 6.07 Å². The summed E-state index contributed by atoms with van der Waals surface area (Å²) in [5.41, 5.74) is 2.74. The van der Waals surface area contributed by atoms with Crippen LogP contribution in [0.1, 0.15) is 36.8 Å². The van der Waals surface area contributed by atoms with Gasteiger partial charge in [0.15, 0.2) is 0 Å². The van der Waals surface area contributed by atoms with E-state index in [1.54, 1.807) is 6.07 Å². The fourth-order valence-corrected chi connectivity index (χ4v) is 2.63. The molecule has 1 aromatic rings. The molecule has 3 nitrogen and oxygen atoms in total. The molecule has 0 saturated carbocycles. The molecule has 0 unspecified atom stereocenters. The summed E-state index contributed by atoms with van der Waals surface area (Å²) < 4.78 is 37.6. The van der Waals surface area contributed by atoms with Crippen LogP contribution in [0.4, 0.5) is 18.9 Å².